The Morgan fingerprint density at radius 3 is 2.13 bits per heavy atom. The van der Waals surface area contributed by atoms with E-state index in [1.165, 1.54) is 12.1 Å². The van der Waals surface area contributed by atoms with Crippen LogP contribution in [0.15, 0.2) is 95.9 Å². The number of nitro benzene ring substituents is 1. The number of nitro groups is 1. The average Bonchev–Trinajstić information content (AvgIpc) is 2.80. The van der Waals surface area contributed by atoms with E-state index in [-0.39, 0.29) is 11.2 Å². The van der Waals surface area contributed by atoms with Crippen LogP contribution in [-0.2, 0) is 0 Å². The number of non-ortho nitro benzene ring substituents is 1. The van der Waals surface area contributed by atoms with E-state index in [0.717, 1.165) is 38.5 Å². The van der Waals surface area contributed by atoms with Gasteiger partial charge >= 0.3 is 0 Å². The Morgan fingerprint density at radius 1 is 0.806 bits per heavy atom. The molecule has 0 amide bonds. The van der Waals surface area contributed by atoms with Gasteiger partial charge in [-0.3, -0.25) is 19.3 Å². The minimum Gasteiger partial charge on any atom is -0.283 e. The first-order valence-corrected chi connectivity index (χ1v) is 9.92. The summed E-state index contributed by atoms with van der Waals surface area (Å²) in [6.07, 6.45) is 1.88. The molecular weight excluding hydrogens is 388 g/mol. The molecule has 5 heteroatoms. The molecule has 0 unspecified atom stereocenters. The molecule has 2 heterocycles. The molecule has 0 aliphatic heterocycles. The number of aryl methyl sites for hydroxylation is 1. The maximum Gasteiger partial charge on any atom is 0.269 e. The van der Waals surface area contributed by atoms with Gasteiger partial charge in [0.25, 0.3) is 11.2 Å². The average molecular weight is 406 g/mol. The summed E-state index contributed by atoms with van der Waals surface area (Å²) >= 11 is 0. The fourth-order valence-electron chi connectivity index (χ4n) is 4.15. The van der Waals surface area contributed by atoms with Crippen LogP contribution in [0.25, 0.3) is 38.5 Å². The number of pyridine rings is 2. The number of hydrogen-bond donors (Lipinski definition) is 0. The third-order valence-corrected chi connectivity index (χ3v) is 5.64. The quantitative estimate of drug-likeness (QED) is 0.210. The van der Waals surface area contributed by atoms with Gasteiger partial charge in [-0.05, 0) is 52.8 Å². The predicted octanol–water partition coefficient (Wildman–Crippen LogP) is 6.00. The highest BCUT2D eigenvalue weighted by molar-refractivity contribution is 6.00. The van der Waals surface area contributed by atoms with Gasteiger partial charge in [0.1, 0.15) is 0 Å². The highest BCUT2D eigenvalue weighted by atomic mass is 16.6. The standard InChI is InChI=1S/C26H18N2O3/c1-17-16-27-24(22-10-6-5-9-21(17)22)15-23(18-11-13-20(14-12-18)28(30)31)25(26(27)29)19-7-3-2-4-8-19/h2-16H,1H3. The van der Waals surface area contributed by atoms with Crippen LogP contribution in [0.1, 0.15) is 5.56 Å². The Balaban J connectivity index is 1.92. The van der Waals surface area contributed by atoms with E-state index in [9.17, 15) is 14.9 Å². The second kappa shape index (κ2) is 7.22. The van der Waals surface area contributed by atoms with Gasteiger partial charge in [-0.2, -0.15) is 0 Å². The molecule has 3 aromatic carbocycles. The molecule has 0 aliphatic rings. The first kappa shape index (κ1) is 18.8. The number of fused-ring (bicyclic) bond motifs is 3. The molecule has 0 radical (unpaired) electrons. The summed E-state index contributed by atoms with van der Waals surface area (Å²) in [5.74, 6) is 0. The van der Waals surface area contributed by atoms with Crippen LogP contribution < -0.4 is 5.56 Å². The summed E-state index contributed by atoms with van der Waals surface area (Å²) in [5.41, 5.74) is 4.61. The summed E-state index contributed by atoms with van der Waals surface area (Å²) in [6, 6.07) is 25.9. The Kier molecular flexibility index (Phi) is 4.37. The van der Waals surface area contributed by atoms with Gasteiger partial charge in [0.15, 0.2) is 0 Å². The van der Waals surface area contributed by atoms with Crippen LogP contribution in [0.3, 0.4) is 0 Å². The number of hydrogen-bond acceptors (Lipinski definition) is 3. The van der Waals surface area contributed by atoms with E-state index < -0.39 is 4.92 Å². The topological polar surface area (TPSA) is 64.6 Å². The summed E-state index contributed by atoms with van der Waals surface area (Å²) in [7, 11) is 0. The Bertz CT molecular complexity index is 1520. The molecular formula is C26H18N2O3. The summed E-state index contributed by atoms with van der Waals surface area (Å²) < 4.78 is 1.70. The monoisotopic (exact) mass is 406 g/mol. The number of aromatic nitrogens is 1. The zero-order chi connectivity index (χ0) is 21.5. The van der Waals surface area contributed by atoms with Crippen LogP contribution in [0.4, 0.5) is 5.69 Å². The highest BCUT2D eigenvalue weighted by Crippen LogP contribution is 2.34. The molecule has 31 heavy (non-hydrogen) atoms. The third-order valence-electron chi connectivity index (χ3n) is 5.64. The van der Waals surface area contributed by atoms with Gasteiger partial charge in [-0.15, -0.1) is 0 Å². The van der Waals surface area contributed by atoms with Crippen LogP contribution in [0.2, 0.25) is 0 Å². The molecule has 0 N–H and O–H groups in total. The molecule has 0 atom stereocenters. The van der Waals surface area contributed by atoms with Crippen molar-refractivity contribution >= 4 is 22.0 Å². The molecule has 0 fully saturated rings. The van der Waals surface area contributed by atoms with Crippen LogP contribution in [-0.4, -0.2) is 9.32 Å². The highest BCUT2D eigenvalue weighted by Gasteiger charge is 2.17. The van der Waals surface area contributed by atoms with E-state index in [2.05, 4.69) is 0 Å². The maximum absolute atomic E-state index is 13.7. The van der Waals surface area contributed by atoms with Crippen molar-refractivity contribution in [3.63, 3.8) is 0 Å². The van der Waals surface area contributed by atoms with Crippen molar-refractivity contribution in [2.24, 2.45) is 0 Å². The van der Waals surface area contributed by atoms with Crippen molar-refractivity contribution in [2.45, 2.75) is 6.92 Å². The minimum absolute atomic E-state index is 0.0172. The lowest BCUT2D eigenvalue weighted by Gasteiger charge is -2.15. The van der Waals surface area contributed by atoms with Gasteiger partial charge in [-0.25, -0.2) is 0 Å². The van der Waals surface area contributed by atoms with Crippen molar-refractivity contribution in [1.82, 2.24) is 4.40 Å². The van der Waals surface area contributed by atoms with E-state index in [4.69, 9.17) is 0 Å². The van der Waals surface area contributed by atoms with Gasteiger partial charge in [0.2, 0.25) is 0 Å². The molecule has 5 aromatic rings. The van der Waals surface area contributed by atoms with Crippen molar-refractivity contribution in [3.8, 4) is 22.3 Å². The van der Waals surface area contributed by atoms with Crippen molar-refractivity contribution in [2.75, 3.05) is 0 Å². The van der Waals surface area contributed by atoms with Gasteiger partial charge in [-0.1, -0.05) is 54.6 Å². The Labute approximate surface area is 178 Å². The van der Waals surface area contributed by atoms with Gasteiger partial charge in [0.05, 0.1) is 16.0 Å². The molecule has 0 spiro atoms. The number of nitrogens with zero attached hydrogens (tertiary/aromatic N) is 2. The van der Waals surface area contributed by atoms with Gasteiger partial charge in [0, 0.05) is 23.7 Å². The fourth-order valence-corrected chi connectivity index (χ4v) is 4.15. The first-order valence-electron chi connectivity index (χ1n) is 9.92. The molecule has 5 nitrogen and oxygen atoms in total. The van der Waals surface area contributed by atoms with Gasteiger partial charge < -0.3 is 0 Å². The van der Waals surface area contributed by atoms with E-state index in [0.29, 0.717) is 5.56 Å². The summed E-state index contributed by atoms with van der Waals surface area (Å²) in [5, 5.41) is 13.2. The normalized spacial score (nSPS) is 11.1. The Morgan fingerprint density at radius 2 is 1.45 bits per heavy atom. The van der Waals surface area contributed by atoms with E-state index >= 15 is 0 Å². The van der Waals surface area contributed by atoms with Crippen molar-refractivity contribution in [1.29, 1.82) is 0 Å². The van der Waals surface area contributed by atoms with Crippen LogP contribution in [0, 0.1) is 17.0 Å². The fraction of sp³-hybridized carbons (Fsp3) is 0.0385. The third kappa shape index (κ3) is 3.07. The lowest BCUT2D eigenvalue weighted by molar-refractivity contribution is -0.384. The number of rotatable bonds is 3. The zero-order valence-corrected chi connectivity index (χ0v) is 16.8. The predicted molar refractivity (Wildman–Crippen MR) is 123 cm³/mol. The largest absolute Gasteiger partial charge is 0.283 e. The van der Waals surface area contributed by atoms with Crippen molar-refractivity contribution < 1.29 is 4.92 Å². The van der Waals surface area contributed by atoms with Crippen molar-refractivity contribution in [3.05, 3.63) is 117 Å². The number of benzene rings is 3. The second-order valence-electron chi connectivity index (χ2n) is 7.52. The lowest BCUT2D eigenvalue weighted by Crippen LogP contribution is -2.17. The summed E-state index contributed by atoms with van der Waals surface area (Å²) in [6.45, 7) is 2.00. The second-order valence-corrected chi connectivity index (χ2v) is 7.52. The lowest BCUT2D eigenvalue weighted by atomic mass is 9.94. The van der Waals surface area contributed by atoms with E-state index in [1.807, 2.05) is 73.8 Å². The van der Waals surface area contributed by atoms with Crippen LogP contribution in [0.5, 0.6) is 0 Å². The van der Waals surface area contributed by atoms with E-state index in [1.54, 1.807) is 16.5 Å². The molecule has 150 valence electrons. The molecule has 0 saturated heterocycles. The van der Waals surface area contributed by atoms with Crippen LogP contribution >= 0.6 is 0 Å². The molecule has 5 rings (SSSR count). The maximum atomic E-state index is 13.7. The molecule has 0 aliphatic carbocycles. The SMILES string of the molecule is Cc1cn2c(=O)c(-c3ccccc3)c(-c3ccc([N+](=O)[O-])cc3)cc2c2ccccc12. The molecule has 0 saturated carbocycles. The first-order chi connectivity index (χ1) is 15.0. The summed E-state index contributed by atoms with van der Waals surface area (Å²) in [4.78, 5) is 24.4. The smallest absolute Gasteiger partial charge is 0.269 e. The molecule has 0 bridgehead atoms. The molecule has 2 aromatic heterocycles. The minimum atomic E-state index is -0.423. The zero-order valence-electron chi connectivity index (χ0n) is 16.8. The Hall–Kier alpha value is -4.25.